The lowest BCUT2D eigenvalue weighted by Gasteiger charge is -2.29. The predicted molar refractivity (Wildman–Crippen MR) is 116 cm³/mol. The molecule has 0 unspecified atom stereocenters. The fourth-order valence-corrected chi connectivity index (χ4v) is 3.51. The number of hydrogen-bond acceptors (Lipinski definition) is 6. The van der Waals surface area contributed by atoms with Crippen LogP contribution in [-0.2, 0) is 4.74 Å². The summed E-state index contributed by atoms with van der Waals surface area (Å²) in [6, 6.07) is 8.40. The van der Waals surface area contributed by atoms with Crippen LogP contribution >= 0.6 is 11.6 Å². The minimum Gasteiger partial charge on any atom is -0.439 e. The second-order valence-corrected chi connectivity index (χ2v) is 7.95. The Morgan fingerprint density at radius 3 is 2.64 bits per heavy atom. The van der Waals surface area contributed by atoms with Crippen molar-refractivity contribution in [1.29, 1.82) is 0 Å². The second-order valence-electron chi connectivity index (χ2n) is 7.58. The molecule has 1 fully saturated rings. The Labute approximate surface area is 192 Å². The van der Waals surface area contributed by atoms with Gasteiger partial charge in [-0.3, -0.25) is 4.79 Å². The molecule has 174 valence electrons. The summed E-state index contributed by atoms with van der Waals surface area (Å²) < 4.78 is 51.7. The van der Waals surface area contributed by atoms with Gasteiger partial charge in [-0.15, -0.1) is 0 Å². The van der Waals surface area contributed by atoms with Crippen molar-refractivity contribution in [3.63, 3.8) is 0 Å². The topological polar surface area (TPSA) is 78.3 Å². The molecule has 0 bridgehead atoms. The first-order valence-electron chi connectivity index (χ1n) is 10.2. The number of rotatable bonds is 7. The van der Waals surface area contributed by atoms with Crippen molar-refractivity contribution in [2.24, 2.45) is 0 Å². The Hall–Kier alpha value is -3.11. The molecule has 1 atom stereocenters. The van der Waals surface area contributed by atoms with Gasteiger partial charge in [-0.25, -0.2) is 18.2 Å². The number of hydrogen-bond donors (Lipinski definition) is 1. The van der Waals surface area contributed by atoms with Crippen LogP contribution in [0.4, 0.5) is 18.9 Å². The van der Waals surface area contributed by atoms with Gasteiger partial charge in [0, 0.05) is 18.2 Å². The summed E-state index contributed by atoms with van der Waals surface area (Å²) in [6.07, 6.45) is 1.12. The van der Waals surface area contributed by atoms with Crippen molar-refractivity contribution in [1.82, 2.24) is 14.8 Å². The molecule has 11 heteroatoms. The van der Waals surface area contributed by atoms with Gasteiger partial charge in [0.15, 0.2) is 5.67 Å². The van der Waals surface area contributed by atoms with E-state index in [1.54, 1.807) is 6.07 Å². The molecule has 1 aliphatic rings. The average molecular weight is 481 g/mol. The van der Waals surface area contributed by atoms with E-state index in [2.05, 4.69) is 15.4 Å². The molecule has 0 spiro atoms. The number of ether oxygens (including phenoxy) is 2. The monoisotopic (exact) mass is 480 g/mol. The summed E-state index contributed by atoms with van der Waals surface area (Å²) in [5, 5.41) is 6.80. The largest absolute Gasteiger partial charge is 0.439 e. The lowest BCUT2D eigenvalue weighted by Crippen LogP contribution is -2.40. The molecular weight excluding hydrogens is 461 g/mol. The summed E-state index contributed by atoms with van der Waals surface area (Å²) in [5.41, 5.74) is -1.69. The van der Waals surface area contributed by atoms with Crippen LogP contribution in [-0.4, -0.2) is 40.2 Å². The zero-order valence-corrected chi connectivity index (χ0v) is 18.1. The summed E-state index contributed by atoms with van der Waals surface area (Å²) in [4.78, 5) is 16.8. The maximum atomic E-state index is 14.7. The first kappa shape index (κ1) is 23.1. The third-order valence-corrected chi connectivity index (χ3v) is 5.47. The molecule has 1 aromatic carbocycles. The number of alkyl halides is 3. The molecule has 33 heavy (non-hydrogen) atoms. The molecule has 2 aromatic heterocycles. The molecule has 7 nitrogen and oxygen atoms in total. The molecule has 3 heterocycles. The quantitative estimate of drug-likeness (QED) is 0.516. The molecule has 0 radical (unpaired) electrons. The molecule has 1 N–H and O–H groups in total. The third-order valence-electron chi connectivity index (χ3n) is 5.11. The third kappa shape index (κ3) is 5.45. The fourth-order valence-electron chi connectivity index (χ4n) is 3.31. The van der Waals surface area contributed by atoms with Crippen LogP contribution in [0.2, 0.25) is 5.02 Å². The van der Waals surface area contributed by atoms with Crippen molar-refractivity contribution in [3.8, 4) is 17.3 Å². The van der Waals surface area contributed by atoms with Crippen molar-refractivity contribution >= 4 is 17.3 Å². The maximum Gasteiger partial charge on any atom is 0.292 e. The molecule has 0 aliphatic carbocycles. The highest BCUT2D eigenvalue weighted by Gasteiger charge is 2.32. The standard InChI is InChI=1S/C22H20ClF3N4O3/c23-19-17(28-12-22(26)8-1-9-32-13-22)11-29-30(21(19)31)15-4-7-18(27-10-15)33-16-5-2-14(3-6-16)20(24)25/h2-7,10-11,20,28H,1,8-9,12-13H2/t22-/m0/s1. The zero-order chi connectivity index (χ0) is 23.4. The minimum absolute atomic E-state index is 0.0153. The predicted octanol–water partition coefficient (Wildman–Crippen LogP) is 4.94. The van der Waals surface area contributed by atoms with E-state index in [9.17, 15) is 18.0 Å². The lowest BCUT2D eigenvalue weighted by atomic mass is 9.99. The number of halogens is 4. The Kier molecular flexibility index (Phi) is 6.85. The fraction of sp³-hybridized carbons (Fsp3) is 0.318. The van der Waals surface area contributed by atoms with Gasteiger partial charge in [0.2, 0.25) is 5.88 Å². The highest BCUT2D eigenvalue weighted by Crippen LogP contribution is 2.26. The van der Waals surface area contributed by atoms with E-state index in [1.807, 2.05) is 0 Å². The van der Waals surface area contributed by atoms with E-state index in [1.165, 1.54) is 42.7 Å². The Bertz CT molecular complexity index is 1150. The molecule has 1 aliphatic heterocycles. The number of benzene rings is 1. The normalized spacial score (nSPS) is 18.3. The van der Waals surface area contributed by atoms with Gasteiger partial charge in [-0.2, -0.15) is 9.78 Å². The number of pyridine rings is 1. The van der Waals surface area contributed by atoms with Crippen LogP contribution in [0.15, 0.2) is 53.6 Å². The van der Waals surface area contributed by atoms with Crippen LogP contribution in [0.1, 0.15) is 24.8 Å². The summed E-state index contributed by atoms with van der Waals surface area (Å²) in [5.74, 6) is 0.534. The van der Waals surface area contributed by atoms with Crippen molar-refractivity contribution < 1.29 is 22.6 Å². The highest BCUT2D eigenvalue weighted by atomic mass is 35.5. The number of aromatic nitrogens is 3. The minimum atomic E-state index is -2.56. The zero-order valence-electron chi connectivity index (χ0n) is 17.3. The van der Waals surface area contributed by atoms with Gasteiger partial charge in [0.1, 0.15) is 10.8 Å². The van der Waals surface area contributed by atoms with Crippen molar-refractivity contribution in [2.75, 3.05) is 25.1 Å². The van der Waals surface area contributed by atoms with Gasteiger partial charge in [0.05, 0.1) is 36.9 Å². The van der Waals surface area contributed by atoms with E-state index in [-0.39, 0.29) is 35.3 Å². The molecular formula is C22H20ClF3N4O3. The van der Waals surface area contributed by atoms with E-state index < -0.39 is 17.7 Å². The lowest BCUT2D eigenvalue weighted by molar-refractivity contribution is -0.0234. The number of nitrogens with zero attached hydrogens (tertiary/aromatic N) is 3. The SMILES string of the molecule is O=c1c(Cl)c(NC[C@@]2(F)CCCOC2)cnn1-c1ccc(Oc2ccc(C(F)F)cc2)nc1. The molecule has 3 aromatic rings. The van der Waals surface area contributed by atoms with Gasteiger partial charge in [-0.05, 0) is 43.2 Å². The molecule has 4 rings (SSSR count). The van der Waals surface area contributed by atoms with E-state index >= 15 is 0 Å². The maximum absolute atomic E-state index is 14.7. The van der Waals surface area contributed by atoms with Gasteiger partial charge in [0.25, 0.3) is 12.0 Å². The first-order chi connectivity index (χ1) is 15.8. The summed E-state index contributed by atoms with van der Waals surface area (Å²) >= 11 is 6.20. The highest BCUT2D eigenvalue weighted by molar-refractivity contribution is 6.32. The summed E-state index contributed by atoms with van der Waals surface area (Å²) in [6.45, 7) is 0.467. The van der Waals surface area contributed by atoms with Crippen molar-refractivity contribution in [3.05, 3.63) is 69.7 Å². The number of nitrogens with one attached hydrogen (secondary N) is 1. The summed E-state index contributed by atoms with van der Waals surface area (Å²) in [7, 11) is 0. The van der Waals surface area contributed by atoms with Gasteiger partial charge < -0.3 is 14.8 Å². The molecule has 0 saturated carbocycles. The molecule has 0 amide bonds. The Balaban J connectivity index is 1.45. The van der Waals surface area contributed by atoms with Crippen molar-refractivity contribution in [2.45, 2.75) is 24.9 Å². The van der Waals surface area contributed by atoms with E-state index in [0.717, 1.165) is 4.68 Å². The Morgan fingerprint density at radius 2 is 2.00 bits per heavy atom. The van der Waals surface area contributed by atoms with Crippen LogP contribution in [0.3, 0.4) is 0 Å². The molecule has 1 saturated heterocycles. The first-order valence-corrected chi connectivity index (χ1v) is 10.5. The van der Waals surface area contributed by atoms with Crippen LogP contribution in [0.5, 0.6) is 11.6 Å². The number of anilines is 1. The average Bonchev–Trinajstić information content (AvgIpc) is 2.82. The van der Waals surface area contributed by atoms with Crippen LogP contribution in [0.25, 0.3) is 5.69 Å². The second kappa shape index (κ2) is 9.80. The van der Waals surface area contributed by atoms with Gasteiger partial charge in [-0.1, -0.05) is 11.6 Å². The van der Waals surface area contributed by atoms with E-state index in [0.29, 0.717) is 30.9 Å². The van der Waals surface area contributed by atoms with Crippen LogP contribution in [0, 0.1) is 0 Å². The van der Waals surface area contributed by atoms with Gasteiger partial charge >= 0.3 is 0 Å². The Morgan fingerprint density at radius 1 is 1.21 bits per heavy atom. The van der Waals surface area contributed by atoms with Crippen LogP contribution < -0.4 is 15.6 Å². The smallest absolute Gasteiger partial charge is 0.292 e. The van der Waals surface area contributed by atoms with E-state index in [4.69, 9.17) is 21.1 Å².